The molecule has 29 heavy (non-hydrogen) atoms. The highest BCUT2D eigenvalue weighted by Crippen LogP contribution is 2.35. The molecule has 3 rings (SSSR count). The van der Waals surface area contributed by atoms with Gasteiger partial charge in [0, 0.05) is 55.9 Å². The van der Waals surface area contributed by atoms with Gasteiger partial charge < -0.3 is 20.3 Å². The molecule has 1 aromatic rings. The van der Waals surface area contributed by atoms with Gasteiger partial charge >= 0.3 is 0 Å². The summed E-state index contributed by atoms with van der Waals surface area (Å²) >= 11 is 6.01. The van der Waals surface area contributed by atoms with Gasteiger partial charge in [-0.3, -0.25) is 14.4 Å². The lowest BCUT2D eigenvalue weighted by atomic mass is 9.77. The van der Waals surface area contributed by atoms with Gasteiger partial charge in [0.2, 0.25) is 17.7 Å². The standard InChI is InChI=1S/C21H28ClN3O4/c22-16-4-1-5-17(12-16)29-15-21(13-18(23)26)8-3-10-25(14-21)20(28)7-11-24-9-2-6-19(24)27/h1,4-5,12H,2-3,6-11,13-15H2,(H2,23,26)/t21-/m0/s1. The van der Waals surface area contributed by atoms with Gasteiger partial charge in [0.05, 0.1) is 6.61 Å². The third-order valence-electron chi connectivity index (χ3n) is 5.67. The highest BCUT2D eigenvalue weighted by Gasteiger charge is 2.39. The largest absolute Gasteiger partial charge is 0.493 e. The molecule has 2 aliphatic rings. The van der Waals surface area contributed by atoms with E-state index in [1.807, 2.05) is 6.07 Å². The highest BCUT2D eigenvalue weighted by atomic mass is 35.5. The Balaban J connectivity index is 1.62. The van der Waals surface area contributed by atoms with Crippen LogP contribution in [-0.2, 0) is 14.4 Å². The van der Waals surface area contributed by atoms with Gasteiger partial charge in [0.25, 0.3) is 0 Å². The smallest absolute Gasteiger partial charge is 0.224 e. The first kappa shape index (κ1) is 21.4. The number of amides is 3. The lowest BCUT2D eigenvalue weighted by Crippen LogP contribution is -2.50. The number of nitrogens with two attached hydrogens (primary N) is 1. The number of piperidine rings is 1. The van der Waals surface area contributed by atoms with Crippen LogP contribution in [0.15, 0.2) is 24.3 Å². The minimum atomic E-state index is -0.522. The second-order valence-electron chi connectivity index (χ2n) is 8.04. The summed E-state index contributed by atoms with van der Waals surface area (Å²) in [5.74, 6) is 0.337. The molecule has 8 heteroatoms. The number of hydrogen-bond acceptors (Lipinski definition) is 4. The van der Waals surface area contributed by atoms with E-state index in [2.05, 4.69) is 0 Å². The van der Waals surface area contributed by atoms with E-state index in [1.165, 1.54) is 0 Å². The summed E-state index contributed by atoms with van der Waals surface area (Å²) in [5.41, 5.74) is 4.99. The maximum atomic E-state index is 12.8. The summed E-state index contributed by atoms with van der Waals surface area (Å²) in [6.45, 7) is 2.53. The van der Waals surface area contributed by atoms with Gasteiger partial charge in [0.15, 0.2) is 0 Å². The minimum Gasteiger partial charge on any atom is -0.493 e. The second kappa shape index (κ2) is 9.48. The molecule has 0 radical (unpaired) electrons. The van der Waals surface area contributed by atoms with E-state index in [0.717, 1.165) is 25.8 Å². The molecule has 0 aromatic heterocycles. The van der Waals surface area contributed by atoms with E-state index in [9.17, 15) is 14.4 Å². The summed E-state index contributed by atoms with van der Waals surface area (Å²) in [6, 6.07) is 7.09. The third-order valence-corrected chi connectivity index (χ3v) is 5.91. The van der Waals surface area contributed by atoms with Gasteiger partial charge in [-0.15, -0.1) is 0 Å². The quantitative estimate of drug-likeness (QED) is 0.696. The fourth-order valence-corrected chi connectivity index (χ4v) is 4.41. The van der Waals surface area contributed by atoms with Crippen LogP contribution in [-0.4, -0.2) is 60.3 Å². The Morgan fingerprint density at radius 2 is 2.07 bits per heavy atom. The van der Waals surface area contributed by atoms with Crippen molar-refractivity contribution in [3.05, 3.63) is 29.3 Å². The molecule has 0 spiro atoms. The lowest BCUT2D eigenvalue weighted by Gasteiger charge is -2.42. The van der Waals surface area contributed by atoms with Gasteiger partial charge in [-0.25, -0.2) is 0 Å². The van der Waals surface area contributed by atoms with E-state index in [0.29, 0.717) is 43.2 Å². The monoisotopic (exact) mass is 421 g/mol. The normalized spacial score (nSPS) is 22.0. The average Bonchev–Trinajstić information content (AvgIpc) is 3.09. The zero-order chi connectivity index (χ0) is 20.9. The molecule has 0 unspecified atom stereocenters. The number of ether oxygens (including phenoxy) is 1. The zero-order valence-electron chi connectivity index (χ0n) is 16.6. The van der Waals surface area contributed by atoms with Crippen LogP contribution in [0.5, 0.6) is 5.75 Å². The van der Waals surface area contributed by atoms with Crippen LogP contribution < -0.4 is 10.5 Å². The number of hydrogen-bond donors (Lipinski definition) is 1. The number of halogens is 1. The minimum absolute atomic E-state index is 0.000927. The van der Waals surface area contributed by atoms with Crippen molar-refractivity contribution in [1.29, 1.82) is 0 Å². The van der Waals surface area contributed by atoms with Crippen molar-refractivity contribution in [3.63, 3.8) is 0 Å². The van der Waals surface area contributed by atoms with Crippen LogP contribution in [0.2, 0.25) is 5.02 Å². The second-order valence-corrected chi connectivity index (χ2v) is 8.48. The van der Waals surface area contributed by atoms with Gasteiger partial charge in [-0.2, -0.15) is 0 Å². The van der Waals surface area contributed by atoms with Crippen molar-refractivity contribution in [2.24, 2.45) is 11.1 Å². The Bertz CT molecular complexity index is 772. The van der Waals surface area contributed by atoms with Crippen molar-refractivity contribution in [2.45, 2.75) is 38.5 Å². The Morgan fingerprint density at radius 3 is 2.76 bits per heavy atom. The molecule has 0 aliphatic carbocycles. The SMILES string of the molecule is NC(=O)C[C@@]1(COc2cccc(Cl)c2)CCCN(C(=O)CCN2CCCC2=O)C1. The first-order valence-corrected chi connectivity index (χ1v) is 10.5. The number of benzene rings is 1. The van der Waals surface area contributed by atoms with Crippen LogP contribution in [0.25, 0.3) is 0 Å². The molecular weight excluding hydrogens is 394 g/mol. The molecule has 2 aliphatic heterocycles. The van der Waals surface area contributed by atoms with E-state index in [1.54, 1.807) is 28.0 Å². The predicted octanol–water partition coefficient (Wildman–Crippen LogP) is 2.22. The van der Waals surface area contributed by atoms with Crippen molar-refractivity contribution in [2.75, 3.05) is 32.8 Å². The van der Waals surface area contributed by atoms with E-state index in [-0.39, 0.29) is 24.8 Å². The van der Waals surface area contributed by atoms with Crippen LogP contribution in [0.4, 0.5) is 0 Å². The maximum Gasteiger partial charge on any atom is 0.224 e. The van der Waals surface area contributed by atoms with Crippen LogP contribution in [0.3, 0.4) is 0 Å². The number of likely N-dealkylation sites (tertiary alicyclic amines) is 2. The van der Waals surface area contributed by atoms with Crippen LogP contribution in [0.1, 0.15) is 38.5 Å². The van der Waals surface area contributed by atoms with E-state index in [4.69, 9.17) is 22.1 Å². The van der Waals surface area contributed by atoms with E-state index < -0.39 is 11.3 Å². The van der Waals surface area contributed by atoms with Crippen molar-refractivity contribution in [1.82, 2.24) is 9.80 Å². The molecule has 1 aromatic carbocycles. The number of rotatable bonds is 8. The van der Waals surface area contributed by atoms with Gasteiger partial charge in [0.1, 0.15) is 5.75 Å². The maximum absolute atomic E-state index is 12.8. The molecule has 2 saturated heterocycles. The fourth-order valence-electron chi connectivity index (χ4n) is 4.23. The first-order chi connectivity index (χ1) is 13.9. The molecule has 2 N–H and O–H groups in total. The van der Waals surface area contributed by atoms with Crippen molar-refractivity contribution >= 4 is 29.3 Å². The fraction of sp³-hybridized carbons (Fsp3) is 0.571. The molecule has 158 valence electrons. The molecule has 7 nitrogen and oxygen atoms in total. The third kappa shape index (κ3) is 5.85. The van der Waals surface area contributed by atoms with Crippen LogP contribution in [0, 0.1) is 5.41 Å². The number of carbonyl (C=O) groups excluding carboxylic acids is 3. The van der Waals surface area contributed by atoms with Crippen molar-refractivity contribution < 1.29 is 19.1 Å². The summed E-state index contributed by atoms with van der Waals surface area (Å²) in [6.07, 6.45) is 3.42. The first-order valence-electron chi connectivity index (χ1n) is 10.1. The molecule has 3 amide bonds. The Hall–Kier alpha value is -2.28. The summed E-state index contributed by atoms with van der Waals surface area (Å²) in [7, 11) is 0. The van der Waals surface area contributed by atoms with E-state index >= 15 is 0 Å². The topological polar surface area (TPSA) is 92.9 Å². The molecule has 2 fully saturated rings. The molecule has 2 heterocycles. The molecular formula is C21H28ClN3O4. The van der Waals surface area contributed by atoms with Gasteiger partial charge in [-0.05, 0) is 37.5 Å². The highest BCUT2D eigenvalue weighted by molar-refractivity contribution is 6.30. The average molecular weight is 422 g/mol. The number of nitrogens with zero attached hydrogens (tertiary/aromatic N) is 2. The molecule has 1 atom stereocenters. The Labute approximate surface area is 176 Å². The van der Waals surface area contributed by atoms with Crippen molar-refractivity contribution in [3.8, 4) is 5.75 Å². The Kier molecular flexibility index (Phi) is 7.00. The van der Waals surface area contributed by atoms with Gasteiger partial charge in [-0.1, -0.05) is 17.7 Å². The van der Waals surface area contributed by atoms with Crippen LogP contribution >= 0.6 is 11.6 Å². The predicted molar refractivity (Wildman–Crippen MR) is 109 cm³/mol. The summed E-state index contributed by atoms with van der Waals surface area (Å²) < 4.78 is 5.93. The molecule has 0 bridgehead atoms. The lowest BCUT2D eigenvalue weighted by molar-refractivity contribution is -0.138. The molecule has 0 saturated carbocycles. The summed E-state index contributed by atoms with van der Waals surface area (Å²) in [4.78, 5) is 39.8. The zero-order valence-corrected chi connectivity index (χ0v) is 17.3. The summed E-state index contributed by atoms with van der Waals surface area (Å²) in [5, 5.41) is 0.573. The number of carbonyl (C=O) groups is 3. The Morgan fingerprint density at radius 1 is 1.24 bits per heavy atom. The number of primary amides is 1.